The Morgan fingerprint density at radius 1 is 0.741 bits per heavy atom. The second-order valence-corrected chi connectivity index (χ2v) is 14.9. The van der Waals surface area contributed by atoms with Crippen LogP contribution in [0.25, 0.3) is 10.9 Å². The normalized spacial score (nSPS) is 14.3. The van der Waals surface area contributed by atoms with E-state index in [9.17, 15) is 38.4 Å². The van der Waals surface area contributed by atoms with Crippen molar-refractivity contribution < 1.29 is 38.4 Å². The minimum Gasteiger partial charge on any atom is -0.370 e. The fourth-order valence-corrected chi connectivity index (χ4v) is 5.97. The Bertz CT molecular complexity index is 1910. The molecule has 20 nitrogen and oxygen atoms in total. The van der Waals surface area contributed by atoms with E-state index in [1.165, 1.54) is 19.4 Å². The van der Waals surface area contributed by atoms with Crippen molar-refractivity contribution in [3.05, 3.63) is 54.2 Å². The number of H-pyrrole nitrogens is 2. The van der Waals surface area contributed by atoms with Crippen molar-refractivity contribution in [2.75, 3.05) is 6.54 Å². The van der Waals surface area contributed by atoms with E-state index in [0.29, 0.717) is 11.3 Å². The molecule has 1 aromatic carbocycles. The molecule has 0 radical (unpaired) electrons. The minimum atomic E-state index is -1.20. The highest BCUT2D eigenvalue weighted by molar-refractivity contribution is 5.97. The van der Waals surface area contributed by atoms with E-state index in [0.717, 1.165) is 10.9 Å². The van der Waals surface area contributed by atoms with E-state index in [2.05, 4.69) is 46.9 Å². The maximum atomic E-state index is 13.6. The van der Waals surface area contributed by atoms with E-state index < -0.39 is 96.0 Å². The standard InChI is InChI=1S/C38H56N12O8/c1-19(2)12-27(33(41)53)48-37(57)29(14-23-16-42-18-45-23)47-31(52)17-44-38(58)32(20(3)4)50-34(54)21(5)46-36(56)28(49-35(55)25(39)10-11-30(40)51)13-22-15-43-26-9-7-6-8-24(22)26/h6-9,15-16,18-21,25,27-29,32,43H,10-14,17,39H2,1-5H3,(H2,40,51)(H2,41,53)(H,42,45)(H,44,58)(H,46,56)(H,47,52)(H,48,57)(H,49,55)(H,50,54)/t21-,25-,27-,28-,29-,32-/m0/s1. The third-order valence-electron chi connectivity index (χ3n) is 9.19. The summed E-state index contributed by atoms with van der Waals surface area (Å²) in [7, 11) is 0. The zero-order valence-corrected chi connectivity index (χ0v) is 33.3. The third kappa shape index (κ3) is 14.3. The SMILES string of the molecule is CC(C)C[C@H](NC(=O)[C@H](Cc1cnc[nH]1)NC(=O)CNC(=O)[C@@H](NC(=O)[C@H](C)NC(=O)[C@H](Cc1c[nH]c2ccccc12)NC(=O)[C@@H](N)CCC(N)=O)C(C)C)C(N)=O. The van der Waals surface area contributed by atoms with Crippen LogP contribution in [0.4, 0.5) is 0 Å². The molecule has 0 saturated heterocycles. The lowest BCUT2D eigenvalue weighted by Gasteiger charge is -2.26. The van der Waals surface area contributed by atoms with Crippen molar-refractivity contribution >= 4 is 58.2 Å². The number of nitrogens with one attached hydrogen (secondary N) is 8. The summed E-state index contributed by atoms with van der Waals surface area (Å²) in [5.41, 5.74) is 18.7. The summed E-state index contributed by atoms with van der Waals surface area (Å²) >= 11 is 0. The summed E-state index contributed by atoms with van der Waals surface area (Å²) in [4.78, 5) is 113. The number of rotatable bonds is 23. The fraction of sp³-hybridized carbons (Fsp3) is 0.500. The molecular formula is C38H56N12O8. The number of aromatic amines is 2. The first-order chi connectivity index (χ1) is 27.4. The van der Waals surface area contributed by atoms with Gasteiger partial charge in [-0.25, -0.2) is 4.98 Å². The first-order valence-corrected chi connectivity index (χ1v) is 19.0. The summed E-state index contributed by atoms with van der Waals surface area (Å²) in [6.45, 7) is 7.88. The van der Waals surface area contributed by atoms with Crippen LogP contribution < -0.4 is 49.1 Å². The van der Waals surface area contributed by atoms with Gasteiger partial charge < -0.3 is 59.1 Å². The molecular weight excluding hydrogens is 752 g/mol. The molecule has 14 N–H and O–H groups in total. The number of nitrogens with two attached hydrogens (primary N) is 3. The summed E-state index contributed by atoms with van der Waals surface area (Å²) in [6.07, 6.45) is 4.68. The smallest absolute Gasteiger partial charge is 0.243 e. The zero-order valence-electron chi connectivity index (χ0n) is 33.3. The maximum Gasteiger partial charge on any atom is 0.243 e. The maximum absolute atomic E-state index is 13.6. The van der Waals surface area contributed by atoms with Crippen molar-refractivity contribution in [2.45, 2.75) is 103 Å². The largest absolute Gasteiger partial charge is 0.370 e. The van der Waals surface area contributed by atoms with Gasteiger partial charge in [0.15, 0.2) is 0 Å². The van der Waals surface area contributed by atoms with E-state index >= 15 is 0 Å². The molecule has 8 amide bonds. The number of fused-ring (bicyclic) bond motifs is 1. The number of carbonyl (C=O) groups excluding carboxylic acids is 8. The van der Waals surface area contributed by atoms with Crippen molar-refractivity contribution in [3.63, 3.8) is 0 Å². The number of primary amides is 2. The number of hydrogen-bond acceptors (Lipinski definition) is 10. The Balaban J connectivity index is 1.65. The number of para-hydroxylation sites is 1. The number of imidazole rings is 1. The number of nitrogens with zero attached hydrogens (tertiary/aromatic N) is 1. The molecule has 0 unspecified atom stereocenters. The van der Waals surface area contributed by atoms with Crippen LogP contribution >= 0.6 is 0 Å². The third-order valence-corrected chi connectivity index (χ3v) is 9.19. The van der Waals surface area contributed by atoms with Crippen molar-refractivity contribution in [1.82, 2.24) is 46.9 Å². The van der Waals surface area contributed by atoms with Gasteiger partial charge in [0.1, 0.15) is 30.2 Å². The van der Waals surface area contributed by atoms with Gasteiger partial charge in [-0.1, -0.05) is 45.9 Å². The fourth-order valence-electron chi connectivity index (χ4n) is 5.97. The lowest BCUT2D eigenvalue weighted by Crippen LogP contribution is -2.59. The van der Waals surface area contributed by atoms with Gasteiger partial charge in [0.2, 0.25) is 47.3 Å². The lowest BCUT2D eigenvalue weighted by atomic mass is 10.0. The summed E-state index contributed by atoms with van der Waals surface area (Å²) < 4.78 is 0. The number of hydrogen-bond donors (Lipinski definition) is 11. The van der Waals surface area contributed by atoms with Gasteiger partial charge in [-0.15, -0.1) is 0 Å². The highest BCUT2D eigenvalue weighted by Gasteiger charge is 2.31. The van der Waals surface area contributed by atoms with Crippen LogP contribution in [0.15, 0.2) is 43.0 Å². The highest BCUT2D eigenvalue weighted by atomic mass is 16.2. The number of aromatic nitrogens is 3. The monoisotopic (exact) mass is 808 g/mol. The molecule has 0 spiro atoms. The van der Waals surface area contributed by atoms with E-state index in [1.54, 1.807) is 20.0 Å². The predicted molar refractivity (Wildman–Crippen MR) is 213 cm³/mol. The molecule has 0 fully saturated rings. The van der Waals surface area contributed by atoms with Gasteiger partial charge in [-0.2, -0.15) is 0 Å². The van der Waals surface area contributed by atoms with Gasteiger partial charge in [0.05, 0.1) is 18.9 Å². The molecule has 3 aromatic rings. The Morgan fingerprint density at radius 2 is 1.40 bits per heavy atom. The zero-order chi connectivity index (χ0) is 43.1. The topological polar surface area (TPSA) is 331 Å². The number of carbonyl (C=O) groups is 8. The number of amides is 8. The summed E-state index contributed by atoms with van der Waals surface area (Å²) in [5.74, 6) is -6.08. The van der Waals surface area contributed by atoms with Gasteiger partial charge in [0, 0.05) is 48.3 Å². The van der Waals surface area contributed by atoms with E-state index in [4.69, 9.17) is 17.2 Å². The molecule has 2 aromatic heterocycles. The second-order valence-electron chi connectivity index (χ2n) is 14.9. The Morgan fingerprint density at radius 3 is 2.02 bits per heavy atom. The van der Waals surface area contributed by atoms with E-state index in [1.807, 2.05) is 38.1 Å². The molecule has 0 aliphatic heterocycles. The van der Waals surface area contributed by atoms with Crippen LogP contribution in [-0.2, 0) is 51.2 Å². The number of benzene rings is 1. The molecule has 0 aliphatic rings. The van der Waals surface area contributed by atoms with Crippen LogP contribution in [0, 0.1) is 11.8 Å². The molecule has 58 heavy (non-hydrogen) atoms. The van der Waals surface area contributed by atoms with Crippen molar-refractivity contribution in [2.24, 2.45) is 29.0 Å². The average molecular weight is 809 g/mol. The molecule has 6 atom stereocenters. The van der Waals surface area contributed by atoms with Crippen LogP contribution in [0.2, 0.25) is 0 Å². The Hall–Kier alpha value is -6.31. The van der Waals surface area contributed by atoms with Crippen LogP contribution in [0.5, 0.6) is 0 Å². The molecule has 2 heterocycles. The van der Waals surface area contributed by atoms with Gasteiger partial charge >= 0.3 is 0 Å². The molecule has 20 heteroatoms. The molecule has 0 bridgehead atoms. The predicted octanol–water partition coefficient (Wildman–Crippen LogP) is -1.98. The van der Waals surface area contributed by atoms with Gasteiger partial charge in [-0.3, -0.25) is 38.4 Å². The summed E-state index contributed by atoms with van der Waals surface area (Å²) in [5, 5.41) is 16.2. The Kier molecular flexibility index (Phi) is 17.4. The Labute approximate surface area is 335 Å². The van der Waals surface area contributed by atoms with Gasteiger partial charge in [-0.05, 0) is 43.2 Å². The van der Waals surface area contributed by atoms with Crippen LogP contribution in [0.3, 0.4) is 0 Å². The molecule has 0 aliphatic carbocycles. The van der Waals surface area contributed by atoms with E-state index in [-0.39, 0.29) is 38.0 Å². The van der Waals surface area contributed by atoms with Crippen molar-refractivity contribution in [3.8, 4) is 0 Å². The quantitative estimate of drug-likeness (QED) is 0.0501. The lowest BCUT2D eigenvalue weighted by molar-refractivity contribution is -0.134. The highest BCUT2D eigenvalue weighted by Crippen LogP contribution is 2.19. The molecule has 316 valence electrons. The second kappa shape index (κ2) is 21.8. The minimum absolute atomic E-state index is 0.0125. The van der Waals surface area contributed by atoms with Crippen LogP contribution in [0.1, 0.15) is 65.1 Å². The average Bonchev–Trinajstić information content (AvgIpc) is 3.83. The van der Waals surface area contributed by atoms with Gasteiger partial charge in [0.25, 0.3) is 0 Å². The first-order valence-electron chi connectivity index (χ1n) is 19.0. The molecule has 3 rings (SSSR count). The molecule has 0 saturated carbocycles. The first kappa shape index (κ1) is 46.1. The van der Waals surface area contributed by atoms with Crippen LogP contribution in [-0.4, -0.2) is 105 Å². The summed E-state index contributed by atoms with van der Waals surface area (Å²) in [6, 6.07) is 0.535. The van der Waals surface area contributed by atoms with Crippen molar-refractivity contribution in [1.29, 1.82) is 0 Å².